The minimum Gasteiger partial charge on any atom is -0.478 e. The largest absolute Gasteiger partial charge is 0.478 e. The molecule has 3 aromatic carbocycles. The second kappa shape index (κ2) is 7.81. The summed E-state index contributed by atoms with van der Waals surface area (Å²) >= 11 is 0. The second-order valence-electron chi connectivity index (χ2n) is 7.64. The Morgan fingerprint density at radius 2 is 1.77 bits per heavy atom. The van der Waals surface area contributed by atoms with Crippen LogP contribution in [0.1, 0.15) is 27.9 Å². The monoisotopic (exact) mass is 411 g/mol. The summed E-state index contributed by atoms with van der Waals surface area (Å²) in [6.07, 6.45) is 2.01. The molecule has 0 bridgehead atoms. The van der Waals surface area contributed by atoms with Crippen molar-refractivity contribution in [3.05, 3.63) is 83.4 Å². The molecule has 5 rings (SSSR count). The van der Waals surface area contributed by atoms with Crippen LogP contribution in [0.4, 0.5) is 11.5 Å². The van der Waals surface area contributed by atoms with Gasteiger partial charge in [0.1, 0.15) is 5.69 Å². The summed E-state index contributed by atoms with van der Waals surface area (Å²) in [5, 5.41) is 18.8. The van der Waals surface area contributed by atoms with Gasteiger partial charge in [-0.3, -0.25) is 0 Å². The van der Waals surface area contributed by atoms with Crippen molar-refractivity contribution in [3.8, 4) is 11.3 Å². The Morgan fingerprint density at radius 3 is 2.55 bits per heavy atom. The predicted molar refractivity (Wildman–Crippen MR) is 120 cm³/mol. The van der Waals surface area contributed by atoms with Crippen LogP contribution in [0.25, 0.3) is 22.3 Å². The van der Waals surface area contributed by atoms with E-state index >= 15 is 0 Å². The number of fused-ring (bicyclic) bond motifs is 2. The van der Waals surface area contributed by atoms with E-state index in [1.807, 2.05) is 36.4 Å². The lowest BCUT2D eigenvalue weighted by Gasteiger charge is -2.31. The molecule has 1 aromatic heterocycles. The molecule has 0 spiro atoms. The van der Waals surface area contributed by atoms with E-state index in [0.29, 0.717) is 16.9 Å². The van der Waals surface area contributed by atoms with Crippen LogP contribution in [-0.4, -0.2) is 32.7 Å². The summed E-state index contributed by atoms with van der Waals surface area (Å²) in [6.45, 7) is 0.783. The minimum atomic E-state index is -0.989. The number of para-hydroxylation sites is 1. The van der Waals surface area contributed by atoms with Crippen LogP contribution in [-0.2, 0) is 13.0 Å². The first-order valence-corrected chi connectivity index (χ1v) is 10.2. The van der Waals surface area contributed by atoms with Crippen LogP contribution >= 0.6 is 0 Å². The number of aryl methyl sites for hydroxylation is 1. The Hall–Kier alpha value is -3.77. The average Bonchev–Trinajstić information content (AvgIpc) is 2.82. The van der Waals surface area contributed by atoms with E-state index in [2.05, 4.69) is 17.0 Å². The number of anilines is 2. The number of rotatable bonds is 4. The molecule has 1 aliphatic rings. The lowest BCUT2D eigenvalue weighted by Crippen LogP contribution is -2.26. The Labute approximate surface area is 179 Å². The first-order chi connectivity index (χ1) is 15.1. The summed E-state index contributed by atoms with van der Waals surface area (Å²) in [6, 6.07) is 20.7. The zero-order valence-corrected chi connectivity index (χ0v) is 16.8. The normalized spacial score (nSPS) is 13.3. The maximum absolute atomic E-state index is 11.5. The van der Waals surface area contributed by atoms with Gasteiger partial charge in [-0.2, -0.15) is 0 Å². The van der Waals surface area contributed by atoms with Gasteiger partial charge in [0.05, 0.1) is 23.2 Å². The molecule has 0 aliphatic carbocycles. The highest BCUT2D eigenvalue weighted by molar-refractivity contribution is 5.94. The van der Waals surface area contributed by atoms with E-state index in [1.165, 1.54) is 5.56 Å². The van der Waals surface area contributed by atoms with Crippen LogP contribution in [0.5, 0.6) is 0 Å². The van der Waals surface area contributed by atoms with Crippen molar-refractivity contribution in [2.24, 2.45) is 0 Å². The molecule has 2 N–H and O–H groups in total. The topological polar surface area (TPSA) is 86.5 Å². The molecule has 6 heteroatoms. The molecule has 0 radical (unpaired) electrons. The summed E-state index contributed by atoms with van der Waals surface area (Å²) in [5.74, 6) is -0.281. The van der Waals surface area contributed by atoms with Crippen LogP contribution in [0.2, 0.25) is 0 Å². The first-order valence-electron chi connectivity index (χ1n) is 10.2. The van der Waals surface area contributed by atoms with Crippen LogP contribution in [0.3, 0.4) is 0 Å². The molecular formula is C25H21N3O3. The molecule has 0 saturated carbocycles. The van der Waals surface area contributed by atoms with Crippen LogP contribution in [0, 0.1) is 0 Å². The molecule has 0 amide bonds. The first kappa shape index (κ1) is 19.2. The third-order valence-corrected chi connectivity index (χ3v) is 5.67. The van der Waals surface area contributed by atoms with Gasteiger partial charge < -0.3 is 15.1 Å². The van der Waals surface area contributed by atoms with Crippen molar-refractivity contribution in [2.75, 3.05) is 11.4 Å². The highest BCUT2D eigenvalue weighted by Gasteiger charge is 2.24. The third kappa shape index (κ3) is 3.51. The number of aliphatic hydroxyl groups is 1. The molecule has 4 aromatic rings. The van der Waals surface area contributed by atoms with E-state index in [9.17, 15) is 15.0 Å². The van der Waals surface area contributed by atoms with Crippen LogP contribution in [0.15, 0.2) is 66.7 Å². The number of carboxylic acid groups (broad SMARTS) is 1. The van der Waals surface area contributed by atoms with Gasteiger partial charge in [-0.15, -0.1) is 0 Å². The van der Waals surface area contributed by atoms with E-state index in [1.54, 1.807) is 18.2 Å². The quantitative estimate of drug-likeness (QED) is 0.512. The Bertz CT molecular complexity index is 1290. The number of nitrogens with zero attached hydrogens (tertiary/aromatic N) is 3. The van der Waals surface area contributed by atoms with Gasteiger partial charge in [0.15, 0.2) is 5.82 Å². The molecule has 1 aliphatic heterocycles. The van der Waals surface area contributed by atoms with Gasteiger partial charge in [-0.05, 0) is 48.2 Å². The number of benzene rings is 3. The molecular weight excluding hydrogens is 390 g/mol. The number of carbonyl (C=O) groups is 1. The van der Waals surface area contributed by atoms with Crippen molar-refractivity contribution in [1.82, 2.24) is 9.97 Å². The number of aromatic carboxylic acids is 1. The Kier molecular flexibility index (Phi) is 4.84. The van der Waals surface area contributed by atoms with Crippen molar-refractivity contribution in [3.63, 3.8) is 0 Å². The fourth-order valence-electron chi connectivity index (χ4n) is 4.08. The van der Waals surface area contributed by atoms with Gasteiger partial charge in [-0.25, -0.2) is 14.8 Å². The van der Waals surface area contributed by atoms with Gasteiger partial charge in [0, 0.05) is 17.8 Å². The zero-order valence-electron chi connectivity index (χ0n) is 16.8. The number of hydrogen-bond donors (Lipinski definition) is 2. The van der Waals surface area contributed by atoms with Gasteiger partial charge >= 0.3 is 5.97 Å². The highest BCUT2D eigenvalue weighted by Crippen LogP contribution is 2.38. The maximum atomic E-state index is 11.5. The van der Waals surface area contributed by atoms with Crippen molar-refractivity contribution in [1.29, 1.82) is 0 Å². The fourth-order valence-corrected chi connectivity index (χ4v) is 4.08. The van der Waals surface area contributed by atoms with Crippen molar-refractivity contribution < 1.29 is 15.0 Å². The van der Waals surface area contributed by atoms with E-state index in [0.717, 1.165) is 41.9 Å². The van der Waals surface area contributed by atoms with Crippen LogP contribution < -0.4 is 4.90 Å². The third-order valence-electron chi connectivity index (χ3n) is 5.67. The van der Waals surface area contributed by atoms with Crippen molar-refractivity contribution >= 4 is 28.5 Å². The van der Waals surface area contributed by atoms with Gasteiger partial charge in [0.2, 0.25) is 0 Å². The number of aromatic nitrogens is 2. The molecule has 6 nitrogen and oxygen atoms in total. The van der Waals surface area contributed by atoms with Crippen molar-refractivity contribution in [2.45, 2.75) is 19.4 Å². The molecule has 0 unspecified atom stereocenters. The standard InChI is InChI=1S/C25H21N3O3/c29-15-16-7-9-18(10-8-16)23-24(28-13-3-5-17-4-1-2-6-22(17)28)27-21-14-19(25(30)31)11-12-20(21)26-23/h1-2,4,6-12,14,29H,3,5,13,15H2,(H,30,31). The average molecular weight is 411 g/mol. The molecule has 154 valence electrons. The smallest absolute Gasteiger partial charge is 0.335 e. The summed E-state index contributed by atoms with van der Waals surface area (Å²) in [4.78, 5) is 23.4. The van der Waals surface area contributed by atoms with E-state index in [-0.39, 0.29) is 12.2 Å². The van der Waals surface area contributed by atoms with Gasteiger partial charge in [0.25, 0.3) is 0 Å². The molecule has 2 heterocycles. The molecule has 0 fully saturated rings. The number of aliphatic hydroxyl groups excluding tert-OH is 1. The maximum Gasteiger partial charge on any atom is 0.335 e. The lowest BCUT2D eigenvalue weighted by atomic mass is 10.0. The SMILES string of the molecule is O=C(O)c1ccc2nc(-c3ccc(CO)cc3)c(N3CCCc4ccccc43)nc2c1. The summed E-state index contributed by atoms with van der Waals surface area (Å²) < 4.78 is 0. The lowest BCUT2D eigenvalue weighted by molar-refractivity contribution is 0.0697. The van der Waals surface area contributed by atoms with E-state index < -0.39 is 5.97 Å². The molecule has 0 saturated heterocycles. The number of hydrogen-bond acceptors (Lipinski definition) is 5. The Balaban J connectivity index is 1.74. The minimum absolute atomic E-state index is 0.0198. The van der Waals surface area contributed by atoms with Gasteiger partial charge in [-0.1, -0.05) is 42.5 Å². The summed E-state index contributed by atoms with van der Waals surface area (Å²) in [5.41, 5.74) is 6.19. The molecule has 31 heavy (non-hydrogen) atoms. The second-order valence-corrected chi connectivity index (χ2v) is 7.64. The molecule has 0 atom stereocenters. The highest BCUT2D eigenvalue weighted by atomic mass is 16.4. The van der Waals surface area contributed by atoms with E-state index in [4.69, 9.17) is 9.97 Å². The zero-order chi connectivity index (χ0) is 21.4. The summed E-state index contributed by atoms with van der Waals surface area (Å²) in [7, 11) is 0. The fraction of sp³-hybridized carbons (Fsp3) is 0.160. The number of carboxylic acids is 1. The predicted octanol–water partition coefficient (Wildman–Crippen LogP) is 4.57. The Morgan fingerprint density at radius 1 is 0.968 bits per heavy atom.